The summed E-state index contributed by atoms with van der Waals surface area (Å²) in [6.07, 6.45) is 6.36. The highest BCUT2D eigenvalue weighted by molar-refractivity contribution is 9.10. The number of benzene rings is 3. The van der Waals surface area contributed by atoms with Gasteiger partial charge in [0, 0.05) is 108 Å². The van der Waals surface area contributed by atoms with Crippen molar-refractivity contribution in [3.8, 4) is 16.9 Å². The number of hydrogen-bond acceptors (Lipinski definition) is 16. The van der Waals surface area contributed by atoms with Gasteiger partial charge in [-0.1, -0.05) is 6.07 Å². The molecule has 3 saturated heterocycles. The van der Waals surface area contributed by atoms with Gasteiger partial charge < -0.3 is 49.5 Å². The first-order valence-corrected chi connectivity index (χ1v) is 24.8. The number of nitrogens with zero attached hydrogens (tertiary/aromatic N) is 7. The lowest BCUT2D eigenvalue weighted by atomic mass is 9.87. The van der Waals surface area contributed by atoms with Gasteiger partial charge in [0.2, 0.25) is 23.7 Å². The van der Waals surface area contributed by atoms with Crippen molar-refractivity contribution >= 4 is 86.8 Å². The van der Waals surface area contributed by atoms with Crippen LogP contribution in [0.5, 0.6) is 5.75 Å². The molecule has 69 heavy (non-hydrogen) atoms. The molecule has 3 fully saturated rings. The molecule has 8 rings (SSSR count). The zero-order chi connectivity index (χ0) is 49.2. The van der Waals surface area contributed by atoms with Crippen molar-refractivity contribution in [2.75, 3.05) is 86.3 Å². The summed E-state index contributed by atoms with van der Waals surface area (Å²) >= 11 is 3.56. The molecule has 3 aliphatic heterocycles. The smallest absolute Gasteiger partial charge is 0.363 e. The average Bonchev–Trinajstić information content (AvgIpc) is 3.78. The van der Waals surface area contributed by atoms with Crippen molar-refractivity contribution in [2.45, 2.75) is 57.6 Å². The first-order valence-electron chi connectivity index (χ1n) is 22.5. The number of carbonyl (C=O) groups excluding carboxylic acids is 3. The molecule has 3 aliphatic rings. The van der Waals surface area contributed by atoms with E-state index in [0.29, 0.717) is 89.8 Å². The van der Waals surface area contributed by atoms with E-state index in [-0.39, 0.29) is 43.4 Å². The Balaban J connectivity index is 0.928. The molecule has 1 atom stereocenters. The summed E-state index contributed by atoms with van der Waals surface area (Å²) in [4.78, 5) is 52.6. The van der Waals surface area contributed by atoms with E-state index in [0.717, 1.165) is 27.9 Å². The second-order valence-corrected chi connectivity index (χ2v) is 20.5. The van der Waals surface area contributed by atoms with Gasteiger partial charge in [0.1, 0.15) is 23.4 Å². The van der Waals surface area contributed by atoms with E-state index < -0.39 is 31.0 Å². The number of piperazine rings is 1. The molecule has 0 bridgehead atoms. The number of amides is 3. The second-order valence-electron chi connectivity index (χ2n) is 17.4. The Bertz CT molecular complexity index is 2810. The molecule has 3 aromatic carbocycles. The maximum atomic E-state index is 15.4. The van der Waals surface area contributed by atoms with Crippen LogP contribution in [0.4, 0.5) is 44.6 Å². The Morgan fingerprint density at radius 3 is 2.33 bits per heavy atom. The summed E-state index contributed by atoms with van der Waals surface area (Å²) in [5.41, 5.74) is 4.89. The molecule has 0 aliphatic carbocycles. The molecule has 19 nitrogen and oxygen atoms in total. The Labute approximate surface area is 407 Å². The molecule has 3 amide bonds. The number of rotatable bonds is 15. The zero-order valence-corrected chi connectivity index (χ0v) is 41.7. The van der Waals surface area contributed by atoms with E-state index in [1.165, 1.54) is 20.3 Å². The van der Waals surface area contributed by atoms with Gasteiger partial charge in [-0.2, -0.15) is 10.1 Å². The van der Waals surface area contributed by atoms with Gasteiger partial charge in [-0.3, -0.25) is 28.9 Å². The Morgan fingerprint density at radius 1 is 0.957 bits per heavy atom. The number of methoxy groups -OCH3 is 1. The monoisotopic (exact) mass is 1030 g/mol. The van der Waals surface area contributed by atoms with Crippen molar-refractivity contribution < 1.29 is 42.2 Å². The molecule has 5 N–H and O–H groups in total. The van der Waals surface area contributed by atoms with Crippen LogP contribution in [0.3, 0.4) is 0 Å². The van der Waals surface area contributed by atoms with Gasteiger partial charge in [0.15, 0.2) is 0 Å². The molecule has 0 spiro atoms. The highest BCUT2D eigenvalue weighted by Gasteiger charge is 2.38. The SMILES string of the molecule is COc1cc(N2CCN(C(=O)CC3(O)CCN(c4ccc(NC5CCC(=O)NC5=O)cc4F)CC3)CC2)c(-c2cnn(C)c2)cc1Nc1ncc(Br)c(Nc2ccc(C)c(C)c2P(=O)(OC)OC)n1. The molecule has 5 heterocycles. The van der Waals surface area contributed by atoms with E-state index in [1.807, 2.05) is 50.2 Å². The van der Waals surface area contributed by atoms with Gasteiger partial charge in [0.05, 0.1) is 52.2 Å². The number of anilines is 7. The molecular formula is C47H56BrFN11O8P. The number of aryl methyl sites for hydroxylation is 2. The highest BCUT2D eigenvalue weighted by atomic mass is 79.9. The lowest BCUT2D eigenvalue weighted by Crippen LogP contribution is -2.52. The molecule has 22 heteroatoms. The van der Waals surface area contributed by atoms with E-state index in [1.54, 1.807) is 47.3 Å². The summed E-state index contributed by atoms with van der Waals surface area (Å²) < 4.78 is 48.1. The van der Waals surface area contributed by atoms with Gasteiger partial charge in [0.25, 0.3) is 0 Å². The summed E-state index contributed by atoms with van der Waals surface area (Å²) in [6, 6.07) is 11.6. The number of halogens is 2. The fraction of sp³-hybridized carbons (Fsp3) is 0.404. The normalized spacial score (nSPS) is 17.4. The van der Waals surface area contributed by atoms with Crippen molar-refractivity contribution in [1.29, 1.82) is 0 Å². The molecular weight excluding hydrogens is 976 g/mol. The fourth-order valence-corrected chi connectivity index (χ4v) is 10.8. The van der Waals surface area contributed by atoms with Crippen LogP contribution < -0.4 is 41.1 Å². The molecule has 2 aromatic heterocycles. The van der Waals surface area contributed by atoms with Gasteiger partial charge in [-0.25, -0.2) is 9.37 Å². The van der Waals surface area contributed by atoms with Gasteiger partial charge >= 0.3 is 7.60 Å². The maximum Gasteiger partial charge on any atom is 0.363 e. The Morgan fingerprint density at radius 2 is 1.68 bits per heavy atom. The predicted molar refractivity (Wildman–Crippen MR) is 265 cm³/mol. The van der Waals surface area contributed by atoms with Crippen molar-refractivity contribution in [3.05, 3.63) is 82.5 Å². The lowest BCUT2D eigenvalue weighted by molar-refractivity contribution is -0.138. The minimum atomic E-state index is -3.67. The minimum absolute atomic E-state index is 0.0461. The molecule has 5 aromatic rings. The third-order valence-electron chi connectivity index (χ3n) is 13.0. The third-order valence-corrected chi connectivity index (χ3v) is 15.7. The molecule has 0 saturated carbocycles. The highest BCUT2D eigenvalue weighted by Crippen LogP contribution is 2.49. The van der Waals surface area contributed by atoms with Crippen LogP contribution in [0.15, 0.2) is 65.5 Å². The zero-order valence-electron chi connectivity index (χ0n) is 39.3. The summed E-state index contributed by atoms with van der Waals surface area (Å²) in [6.45, 7) is 6.36. The van der Waals surface area contributed by atoms with Crippen LogP contribution in [0.25, 0.3) is 11.1 Å². The Kier molecular flexibility index (Phi) is 14.6. The van der Waals surface area contributed by atoms with Gasteiger partial charge in [-0.05, 0) is 90.5 Å². The third kappa shape index (κ3) is 10.7. The van der Waals surface area contributed by atoms with E-state index in [2.05, 4.69) is 52.2 Å². The first kappa shape index (κ1) is 49.3. The summed E-state index contributed by atoms with van der Waals surface area (Å²) in [5.74, 6) is -0.223. The van der Waals surface area contributed by atoms with E-state index in [4.69, 9.17) is 18.8 Å². The number of imide groups is 1. The van der Waals surface area contributed by atoms with Crippen LogP contribution in [0, 0.1) is 19.7 Å². The van der Waals surface area contributed by atoms with E-state index in [9.17, 15) is 24.1 Å². The number of ether oxygens (including phenoxy) is 1. The van der Waals surface area contributed by atoms with Crippen LogP contribution >= 0.6 is 23.5 Å². The van der Waals surface area contributed by atoms with Crippen molar-refractivity contribution in [2.24, 2.45) is 7.05 Å². The van der Waals surface area contributed by atoms with Crippen LogP contribution in [-0.4, -0.2) is 120 Å². The quantitative estimate of drug-likeness (QED) is 0.0575. The summed E-state index contributed by atoms with van der Waals surface area (Å²) in [5, 5.41) is 28.4. The summed E-state index contributed by atoms with van der Waals surface area (Å²) in [7, 11) is 2.45. The van der Waals surface area contributed by atoms with Crippen molar-refractivity contribution in [1.82, 2.24) is 30.0 Å². The van der Waals surface area contributed by atoms with Crippen molar-refractivity contribution in [3.63, 3.8) is 0 Å². The molecule has 1 unspecified atom stereocenters. The first-order chi connectivity index (χ1) is 33.0. The molecule has 366 valence electrons. The van der Waals surface area contributed by atoms with Gasteiger partial charge in [-0.15, -0.1) is 0 Å². The number of aliphatic hydroxyl groups is 1. The number of hydrogen-bond donors (Lipinski definition) is 5. The topological polar surface area (TPSA) is 218 Å². The number of nitrogens with one attached hydrogen (secondary N) is 4. The largest absolute Gasteiger partial charge is 0.494 e. The number of piperidine rings is 2. The van der Waals surface area contributed by atoms with Crippen LogP contribution in [-0.2, 0) is 35.0 Å². The second kappa shape index (κ2) is 20.5. The van der Waals surface area contributed by atoms with E-state index >= 15 is 4.39 Å². The maximum absolute atomic E-state index is 15.4. The fourth-order valence-electron chi connectivity index (χ4n) is 8.98. The Hall–Kier alpha value is -6.12. The lowest BCUT2D eigenvalue weighted by Gasteiger charge is -2.41. The average molecular weight is 1030 g/mol. The minimum Gasteiger partial charge on any atom is -0.494 e. The molecule has 0 radical (unpaired) electrons. The number of carbonyl (C=O) groups is 3. The number of aromatic nitrogens is 4. The van der Waals surface area contributed by atoms with Crippen LogP contribution in [0.1, 0.15) is 43.2 Å². The standard InChI is InChI=1S/C47H56BrFN11O8P/c1-28-7-9-35(43(29(28)2)69(65,67-5)68-6)53-44-33(48)26-50-46(56-44)54-37-22-32(30-25-51-57(3)27-30)39(23-40(37)66-4)59-17-19-60(20-18-59)42(62)24-47(64)13-15-58(16-14-47)38-11-8-31(21-34(38)49)52-36-10-12-41(61)55-45(36)63/h7-9,11,21-23,25-27,36,52,64H,10,12-20,24H2,1-6H3,(H,55,61,63)(H2,50,53,54,56). The predicted octanol–water partition coefficient (Wildman–Crippen LogP) is 6.29. The van der Waals surface area contributed by atoms with Crippen LogP contribution in [0.2, 0.25) is 0 Å².